The Morgan fingerprint density at radius 1 is 0.867 bits per heavy atom. The van der Waals surface area contributed by atoms with E-state index in [-0.39, 0.29) is 0 Å². The van der Waals surface area contributed by atoms with Gasteiger partial charge in [-0.25, -0.2) is 0 Å². The Kier molecular flexibility index (Phi) is 10.4. The molecule has 1 heteroatoms. The molecule has 2 rings (SSSR count). The van der Waals surface area contributed by atoms with Gasteiger partial charge in [-0.2, -0.15) is 0 Å². The number of rotatable bonds is 1. The van der Waals surface area contributed by atoms with Gasteiger partial charge in [-0.05, 0) is 18.8 Å². The lowest BCUT2D eigenvalue weighted by atomic mass is 9.97. The van der Waals surface area contributed by atoms with Crippen LogP contribution >= 0.6 is 0 Å². The third-order valence-electron chi connectivity index (χ3n) is 2.92. The highest BCUT2D eigenvalue weighted by Gasteiger charge is 2.17. The molecule has 0 bridgehead atoms. The summed E-state index contributed by atoms with van der Waals surface area (Å²) in [6.07, 6.45) is 12.4. The Morgan fingerprint density at radius 2 is 1.33 bits per heavy atom. The summed E-state index contributed by atoms with van der Waals surface area (Å²) in [6.45, 7) is 6.51. The Bertz CT molecular complexity index is 113. The second-order valence-electron chi connectivity index (χ2n) is 4.96. The van der Waals surface area contributed by atoms with Gasteiger partial charge >= 0.3 is 0 Å². The minimum Gasteiger partial charge on any atom is -0.328 e. The van der Waals surface area contributed by atoms with Crippen LogP contribution in [0.3, 0.4) is 0 Å². The monoisotopic (exact) mass is 213 g/mol. The second-order valence-corrected chi connectivity index (χ2v) is 4.96. The summed E-state index contributed by atoms with van der Waals surface area (Å²) in [5.74, 6) is 1.13. The lowest BCUT2D eigenvalue weighted by Gasteiger charge is -2.15. The first-order valence-electron chi connectivity index (χ1n) is 7.00. The Morgan fingerprint density at radius 3 is 1.47 bits per heavy atom. The van der Waals surface area contributed by atoms with Crippen LogP contribution in [0.4, 0.5) is 0 Å². The second kappa shape index (κ2) is 10.5. The Labute approximate surface area is 96.8 Å². The van der Waals surface area contributed by atoms with Gasteiger partial charge in [-0.3, -0.25) is 0 Å². The molecule has 92 valence electrons. The number of nitrogens with two attached hydrogens (primary N) is 1. The third-order valence-corrected chi connectivity index (χ3v) is 2.92. The van der Waals surface area contributed by atoms with E-state index >= 15 is 0 Å². The highest BCUT2D eigenvalue weighted by Crippen LogP contribution is 2.31. The van der Waals surface area contributed by atoms with Gasteiger partial charge in [0.05, 0.1) is 0 Å². The number of hydrogen-bond acceptors (Lipinski definition) is 1. The average Bonchev–Trinajstić information content (AvgIpc) is 3.04. The van der Waals surface area contributed by atoms with Crippen molar-refractivity contribution in [3.05, 3.63) is 0 Å². The maximum atomic E-state index is 5.63. The predicted octanol–water partition coefficient (Wildman–Crippen LogP) is 4.50. The average molecular weight is 213 g/mol. The van der Waals surface area contributed by atoms with Crippen LogP contribution in [0.1, 0.15) is 78.6 Å². The van der Waals surface area contributed by atoms with Crippen LogP contribution in [0.25, 0.3) is 0 Å². The molecule has 0 saturated heterocycles. The van der Waals surface area contributed by atoms with Gasteiger partial charge in [0, 0.05) is 6.04 Å². The summed E-state index contributed by atoms with van der Waals surface area (Å²) in [5.41, 5.74) is 5.63. The zero-order valence-electron chi connectivity index (χ0n) is 11.1. The molecular weight excluding hydrogens is 182 g/mol. The molecule has 15 heavy (non-hydrogen) atoms. The largest absolute Gasteiger partial charge is 0.328 e. The smallest absolute Gasteiger partial charge is 0.00388 e. The summed E-state index contributed by atoms with van der Waals surface area (Å²) in [6, 6.07) is 0.536. The summed E-state index contributed by atoms with van der Waals surface area (Å²) in [7, 11) is 0. The van der Waals surface area contributed by atoms with E-state index < -0.39 is 0 Å². The van der Waals surface area contributed by atoms with Crippen LogP contribution in [0.15, 0.2) is 0 Å². The van der Waals surface area contributed by atoms with Crippen LogP contribution < -0.4 is 5.73 Å². The zero-order valence-corrected chi connectivity index (χ0v) is 11.1. The zero-order chi connectivity index (χ0) is 11.5. The first-order valence-corrected chi connectivity index (χ1v) is 7.00. The molecule has 0 amide bonds. The Hall–Kier alpha value is -0.0400. The van der Waals surface area contributed by atoms with Crippen LogP contribution in [-0.4, -0.2) is 6.04 Å². The molecule has 0 spiro atoms. The molecule has 0 unspecified atom stereocenters. The van der Waals surface area contributed by atoms with Gasteiger partial charge in [0.1, 0.15) is 0 Å². The standard InChI is InChI=1S/C6H13N.C5H10.C3H8/c7-6-4-2-1-3-5-6;1-2-5-3-4-5;1-3-2/h6H,1-5,7H2;5H,2-4H2,1H3;3H2,1-2H3. The molecule has 1 nitrogen and oxygen atoms in total. The predicted molar refractivity (Wildman–Crippen MR) is 70.0 cm³/mol. The minimum absolute atomic E-state index is 0.536. The Balaban J connectivity index is 0.000000216. The first-order chi connectivity index (χ1) is 7.24. The molecule has 2 N–H and O–H groups in total. The first kappa shape index (κ1) is 15.0. The summed E-state index contributed by atoms with van der Waals surface area (Å²) >= 11 is 0. The van der Waals surface area contributed by atoms with Gasteiger partial charge in [0.2, 0.25) is 0 Å². The maximum Gasteiger partial charge on any atom is 0.00388 e. The molecular formula is C14H31N. The molecule has 2 aliphatic carbocycles. The maximum absolute atomic E-state index is 5.63. The van der Waals surface area contributed by atoms with Crippen LogP contribution in [0.2, 0.25) is 0 Å². The fourth-order valence-electron chi connectivity index (χ4n) is 1.66. The molecule has 2 aliphatic rings. The molecule has 0 heterocycles. The van der Waals surface area contributed by atoms with Gasteiger partial charge in [0.15, 0.2) is 0 Å². The molecule has 2 fully saturated rings. The van der Waals surface area contributed by atoms with E-state index in [1.54, 1.807) is 0 Å². The van der Waals surface area contributed by atoms with E-state index in [1.165, 1.54) is 57.8 Å². The van der Waals surface area contributed by atoms with E-state index in [9.17, 15) is 0 Å². The van der Waals surface area contributed by atoms with Crippen molar-refractivity contribution < 1.29 is 0 Å². The fourth-order valence-corrected chi connectivity index (χ4v) is 1.66. The molecule has 0 aromatic rings. The normalized spacial score (nSPS) is 20.8. The third kappa shape index (κ3) is 11.9. The van der Waals surface area contributed by atoms with Crippen molar-refractivity contribution in [2.24, 2.45) is 11.7 Å². The van der Waals surface area contributed by atoms with E-state index in [2.05, 4.69) is 20.8 Å². The summed E-state index contributed by atoms with van der Waals surface area (Å²) in [4.78, 5) is 0. The van der Waals surface area contributed by atoms with Gasteiger partial charge in [-0.1, -0.05) is 65.7 Å². The van der Waals surface area contributed by atoms with Crippen molar-refractivity contribution in [1.29, 1.82) is 0 Å². The SMILES string of the molecule is CCC.CCC1CC1.NC1CCCCC1. The highest BCUT2D eigenvalue weighted by atomic mass is 14.6. The van der Waals surface area contributed by atoms with Crippen LogP contribution in [0.5, 0.6) is 0 Å². The van der Waals surface area contributed by atoms with E-state index in [0.29, 0.717) is 6.04 Å². The highest BCUT2D eigenvalue weighted by molar-refractivity contribution is 4.69. The van der Waals surface area contributed by atoms with E-state index in [4.69, 9.17) is 5.73 Å². The van der Waals surface area contributed by atoms with Crippen molar-refractivity contribution in [3.63, 3.8) is 0 Å². The molecule has 2 saturated carbocycles. The van der Waals surface area contributed by atoms with Gasteiger partial charge in [-0.15, -0.1) is 0 Å². The number of hydrogen-bond donors (Lipinski definition) is 1. The molecule has 0 aromatic carbocycles. The van der Waals surface area contributed by atoms with E-state index in [1.807, 2.05) is 0 Å². The minimum atomic E-state index is 0.536. The summed E-state index contributed by atoms with van der Waals surface area (Å²) < 4.78 is 0. The van der Waals surface area contributed by atoms with E-state index in [0.717, 1.165) is 5.92 Å². The van der Waals surface area contributed by atoms with Gasteiger partial charge in [0.25, 0.3) is 0 Å². The molecule has 0 aliphatic heterocycles. The fraction of sp³-hybridized carbons (Fsp3) is 1.00. The molecule has 0 radical (unpaired) electrons. The van der Waals surface area contributed by atoms with Crippen molar-refractivity contribution in [2.75, 3.05) is 0 Å². The van der Waals surface area contributed by atoms with Gasteiger partial charge < -0.3 is 5.73 Å². The lowest BCUT2D eigenvalue weighted by Crippen LogP contribution is -2.22. The molecule has 0 atom stereocenters. The van der Waals surface area contributed by atoms with Crippen molar-refractivity contribution in [2.45, 2.75) is 84.6 Å². The quantitative estimate of drug-likeness (QED) is 0.682. The summed E-state index contributed by atoms with van der Waals surface area (Å²) in [5, 5.41) is 0. The van der Waals surface area contributed by atoms with Crippen LogP contribution in [-0.2, 0) is 0 Å². The van der Waals surface area contributed by atoms with Crippen LogP contribution in [0, 0.1) is 5.92 Å². The molecule has 0 aromatic heterocycles. The lowest BCUT2D eigenvalue weighted by molar-refractivity contribution is 0.441. The van der Waals surface area contributed by atoms with Crippen molar-refractivity contribution in [3.8, 4) is 0 Å². The van der Waals surface area contributed by atoms with Crippen molar-refractivity contribution in [1.82, 2.24) is 0 Å². The topological polar surface area (TPSA) is 26.0 Å². The van der Waals surface area contributed by atoms with Crippen molar-refractivity contribution >= 4 is 0 Å².